The van der Waals surface area contributed by atoms with Crippen LogP contribution in [0.3, 0.4) is 0 Å². The Balaban J connectivity index is 3.15. The predicted octanol–water partition coefficient (Wildman–Crippen LogP) is 2.50. The maximum absolute atomic E-state index is 5.58. The van der Waals surface area contributed by atoms with Crippen molar-refractivity contribution in [1.82, 2.24) is 0 Å². The first-order valence-corrected chi connectivity index (χ1v) is 5.09. The molecule has 90 valence electrons. The lowest BCUT2D eigenvalue weighted by Crippen LogP contribution is -2.06. The summed E-state index contributed by atoms with van der Waals surface area (Å²) in [7, 11) is 4.73. The summed E-state index contributed by atoms with van der Waals surface area (Å²) in [5.74, 6) is 2.46. The fraction of sp³-hybridized carbons (Fsp3) is 0.500. The minimum absolute atomic E-state index is 0.0998. The van der Waals surface area contributed by atoms with Gasteiger partial charge in [-0.3, -0.25) is 0 Å². The van der Waals surface area contributed by atoms with Crippen molar-refractivity contribution >= 4 is 0 Å². The molecule has 0 aromatic heterocycles. The summed E-state index contributed by atoms with van der Waals surface area (Å²) in [6.45, 7) is 3.92. The zero-order valence-electron chi connectivity index (χ0n) is 10.4. The molecular weight excluding hydrogens is 208 g/mol. The van der Waals surface area contributed by atoms with Crippen molar-refractivity contribution in [2.75, 3.05) is 21.3 Å². The fourth-order valence-corrected chi connectivity index (χ4v) is 1.40. The summed E-state index contributed by atoms with van der Waals surface area (Å²) < 4.78 is 21.2. The average Bonchev–Trinajstić information content (AvgIpc) is 2.26. The van der Waals surface area contributed by atoms with E-state index in [1.165, 1.54) is 0 Å². The molecule has 0 saturated heterocycles. The van der Waals surface area contributed by atoms with Gasteiger partial charge < -0.3 is 18.9 Å². The number of ether oxygens (including phenoxy) is 4. The summed E-state index contributed by atoms with van der Waals surface area (Å²) in [5.41, 5.74) is 0. The van der Waals surface area contributed by atoms with E-state index in [0.717, 1.165) is 0 Å². The van der Waals surface area contributed by atoms with E-state index in [1.807, 2.05) is 13.8 Å². The number of hydrogen-bond donors (Lipinski definition) is 0. The first-order valence-electron chi connectivity index (χ1n) is 5.09. The highest BCUT2D eigenvalue weighted by molar-refractivity contribution is 5.55. The van der Waals surface area contributed by atoms with Crippen molar-refractivity contribution < 1.29 is 18.9 Å². The second-order valence-corrected chi connectivity index (χ2v) is 3.53. The quantitative estimate of drug-likeness (QED) is 0.773. The van der Waals surface area contributed by atoms with Gasteiger partial charge in [-0.25, -0.2) is 0 Å². The number of benzene rings is 1. The van der Waals surface area contributed by atoms with Crippen LogP contribution in [0, 0.1) is 0 Å². The van der Waals surface area contributed by atoms with Crippen molar-refractivity contribution in [3.05, 3.63) is 12.1 Å². The van der Waals surface area contributed by atoms with Crippen LogP contribution in [0.25, 0.3) is 0 Å². The average molecular weight is 226 g/mol. The smallest absolute Gasteiger partial charge is 0.203 e. The van der Waals surface area contributed by atoms with E-state index >= 15 is 0 Å². The lowest BCUT2D eigenvalue weighted by Gasteiger charge is -2.16. The molecule has 0 saturated carbocycles. The largest absolute Gasteiger partial charge is 0.493 e. The molecule has 1 rings (SSSR count). The zero-order chi connectivity index (χ0) is 12.1. The minimum Gasteiger partial charge on any atom is -0.493 e. The van der Waals surface area contributed by atoms with Gasteiger partial charge in [-0.2, -0.15) is 0 Å². The van der Waals surface area contributed by atoms with Crippen LogP contribution in [0.5, 0.6) is 23.0 Å². The molecule has 0 N–H and O–H groups in total. The molecule has 0 atom stereocenters. The van der Waals surface area contributed by atoms with Gasteiger partial charge >= 0.3 is 0 Å². The van der Waals surface area contributed by atoms with Crippen molar-refractivity contribution in [2.45, 2.75) is 20.0 Å². The third-order valence-corrected chi connectivity index (χ3v) is 2.01. The molecule has 0 bridgehead atoms. The maximum Gasteiger partial charge on any atom is 0.203 e. The first-order chi connectivity index (χ1) is 7.62. The third-order valence-electron chi connectivity index (χ3n) is 2.01. The highest BCUT2D eigenvalue weighted by Crippen LogP contribution is 2.40. The standard InChI is InChI=1S/C12H18O4/c1-8(2)16-9-6-10(13-3)12(15-5)11(7-9)14-4/h6-8H,1-5H3. The Morgan fingerprint density at radius 3 is 1.69 bits per heavy atom. The van der Waals surface area contributed by atoms with Gasteiger partial charge in [0.25, 0.3) is 0 Å². The highest BCUT2D eigenvalue weighted by atomic mass is 16.5. The van der Waals surface area contributed by atoms with E-state index in [4.69, 9.17) is 18.9 Å². The van der Waals surface area contributed by atoms with Crippen molar-refractivity contribution in [3.8, 4) is 23.0 Å². The summed E-state index contributed by atoms with van der Waals surface area (Å²) in [5, 5.41) is 0. The van der Waals surface area contributed by atoms with Gasteiger partial charge in [0.05, 0.1) is 27.4 Å². The summed E-state index contributed by atoms with van der Waals surface area (Å²) in [4.78, 5) is 0. The normalized spacial score (nSPS) is 10.1. The molecule has 0 fully saturated rings. The van der Waals surface area contributed by atoms with Crippen molar-refractivity contribution in [2.24, 2.45) is 0 Å². The summed E-state index contributed by atoms with van der Waals surface area (Å²) in [6.07, 6.45) is 0.0998. The van der Waals surface area contributed by atoms with E-state index in [2.05, 4.69) is 0 Å². The van der Waals surface area contributed by atoms with E-state index in [-0.39, 0.29) is 6.10 Å². The third kappa shape index (κ3) is 2.72. The lowest BCUT2D eigenvalue weighted by atomic mass is 10.2. The molecule has 0 spiro atoms. The predicted molar refractivity (Wildman–Crippen MR) is 61.9 cm³/mol. The molecule has 1 aromatic rings. The number of rotatable bonds is 5. The van der Waals surface area contributed by atoms with Crippen molar-refractivity contribution in [1.29, 1.82) is 0 Å². The summed E-state index contributed by atoms with van der Waals surface area (Å²) >= 11 is 0. The van der Waals surface area contributed by atoms with Gasteiger partial charge in [0.1, 0.15) is 5.75 Å². The zero-order valence-corrected chi connectivity index (χ0v) is 10.4. The van der Waals surface area contributed by atoms with E-state index < -0.39 is 0 Å². The second-order valence-electron chi connectivity index (χ2n) is 3.53. The van der Waals surface area contributed by atoms with Gasteiger partial charge in [0.2, 0.25) is 5.75 Å². The molecule has 4 heteroatoms. The molecule has 0 heterocycles. The van der Waals surface area contributed by atoms with Crippen LogP contribution < -0.4 is 18.9 Å². The molecule has 0 unspecified atom stereocenters. The van der Waals surface area contributed by atoms with Crippen LogP contribution in [0.2, 0.25) is 0 Å². The van der Waals surface area contributed by atoms with E-state index in [1.54, 1.807) is 33.5 Å². The van der Waals surface area contributed by atoms with Crippen LogP contribution in [-0.4, -0.2) is 27.4 Å². The highest BCUT2D eigenvalue weighted by Gasteiger charge is 2.14. The van der Waals surface area contributed by atoms with Gasteiger partial charge in [0.15, 0.2) is 11.5 Å². The lowest BCUT2D eigenvalue weighted by molar-refractivity contribution is 0.238. The van der Waals surface area contributed by atoms with E-state index in [0.29, 0.717) is 23.0 Å². The fourth-order valence-electron chi connectivity index (χ4n) is 1.40. The van der Waals surface area contributed by atoms with Crippen LogP contribution in [0.4, 0.5) is 0 Å². The molecule has 0 aliphatic heterocycles. The Morgan fingerprint density at radius 2 is 1.38 bits per heavy atom. The van der Waals surface area contributed by atoms with Crippen LogP contribution in [-0.2, 0) is 0 Å². The Hall–Kier alpha value is -1.58. The Kier molecular flexibility index (Phi) is 4.28. The van der Waals surface area contributed by atoms with Gasteiger partial charge in [-0.1, -0.05) is 0 Å². The first kappa shape index (κ1) is 12.5. The van der Waals surface area contributed by atoms with Gasteiger partial charge in [-0.05, 0) is 13.8 Å². The molecule has 0 aliphatic rings. The van der Waals surface area contributed by atoms with Gasteiger partial charge in [-0.15, -0.1) is 0 Å². The molecule has 0 aliphatic carbocycles. The SMILES string of the molecule is COc1cc(OC(C)C)cc(OC)c1OC. The molecule has 0 amide bonds. The molecule has 4 nitrogen and oxygen atoms in total. The van der Waals surface area contributed by atoms with Crippen LogP contribution in [0.15, 0.2) is 12.1 Å². The molecule has 0 radical (unpaired) electrons. The number of methoxy groups -OCH3 is 3. The second kappa shape index (κ2) is 5.49. The molecule has 1 aromatic carbocycles. The van der Waals surface area contributed by atoms with Crippen LogP contribution in [0.1, 0.15) is 13.8 Å². The maximum atomic E-state index is 5.58. The Labute approximate surface area is 96.1 Å². The topological polar surface area (TPSA) is 36.9 Å². The van der Waals surface area contributed by atoms with Crippen LogP contribution >= 0.6 is 0 Å². The summed E-state index contributed by atoms with van der Waals surface area (Å²) in [6, 6.07) is 3.56. The molecular formula is C12H18O4. The molecule has 16 heavy (non-hydrogen) atoms. The van der Waals surface area contributed by atoms with Gasteiger partial charge in [0, 0.05) is 12.1 Å². The minimum atomic E-state index is 0.0998. The van der Waals surface area contributed by atoms with E-state index in [9.17, 15) is 0 Å². The Morgan fingerprint density at radius 1 is 0.875 bits per heavy atom. The van der Waals surface area contributed by atoms with Crippen molar-refractivity contribution in [3.63, 3.8) is 0 Å². The monoisotopic (exact) mass is 226 g/mol. The Bertz CT molecular complexity index is 322. The number of hydrogen-bond acceptors (Lipinski definition) is 4.